The van der Waals surface area contributed by atoms with E-state index in [1.807, 2.05) is 27.7 Å². The van der Waals surface area contributed by atoms with Gasteiger partial charge in [0, 0.05) is 17.2 Å². The van der Waals surface area contributed by atoms with Gasteiger partial charge in [0.05, 0.1) is 36.3 Å². The molecule has 0 bridgehead atoms. The molecule has 3 heterocycles. The Hall–Kier alpha value is -1.84. The van der Waals surface area contributed by atoms with Crippen LogP contribution in [0.4, 0.5) is 5.00 Å². The number of aromatic nitrogens is 2. The van der Waals surface area contributed by atoms with Crippen molar-refractivity contribution in [2.24, 2.45) is 0 Å². The number of hydrogen-bond acceptors (Lipinski definition) is 7. The van der Waals surface area contributed by atoms with E-state index in [-0.39, 0.29) is 17.8 Å². The highest BCUT2D eigenvalue weighted by Crippen LogP contribution is 2.33. The van der Waals surface area contributed by atoms with Crippen molar-refractivity contribution >= 4 is 40.0 Å². The van der Waals surface area contributed by atoms with Gasteiger partial charge in [-0.1, -0.05) is 11.8 Å². The van der Waals surface area contributed by atoms with Crippen molar-refractivity contribution < 1.29 is 19.1 Å². The highest BCUT2D eigenvalue weighted by atomic mass is 32.2. The van der Waals surface area contributed by atoms with Crippen LogP contribution in [-0.2, 0) is 20.8 Å². The summed E-state index contributed by atoms with van der Waals surface area (Å²) in [6.45, 7) is 11.5. The molecule has 1 aliphatic heterocycles. The second-order valence-electron chi connectivity index (χ2n) is 7.36. The van der Waals surface area contributed by atoms with E-state index in [0.717, 1.165) is 53.0 Å². The van der Waals surface area contributed by atoms with Crippen LogP contribution in [0.5, 0.6) is 0 Å². The van der Waals surface area contributed by atoms with Crippen LogP contribution in [0.1, 0.15) is 52.0 Å². The Kier molecular flexibility index (Phi) is 7.60. The van der Waals surface area contributed by atoms with Crippen LogP contribution < -0.4 is 5.32 Å². The van der Waals surface area contributed by atoms with Gasteiger partial charge in [0.15, 0.2) is 5.16 Å². The van der Waals surface area contributed by atoms with Gasteiger partial charge in [-0.25, -0.2) is 9.78 Å². The molecule has 1 amide bonds. The van der Waals surface area contributed by atoms with Crippen LogP contribution in [0.2, 0.25) is 0 Å². The fraction of sp³-hybridized carbons (Fsp3) is 0.571. The zero-order valence-corrected chi connectivity index (χ0v) is 19.8. The van der Waals surface area contributed by atoms with Crippen LogP contribution in [0, 0.1) is 27.7 Å². The highest BCUT2D eigenvalue weighted by molar-refractivity contribution is 7.99. The molecule has 164 valence electrons. The predicted molar refractivity (Wildman–Crippen MR) is 120 cm³/mol. The molecule has 1 atom stereocenters. The van der Waals surface area contributed by atoms with Gasteiger partial charge in [0.25, 0.3) is 0 Å². The summed E-state index contributed by atoms with van der Waals surface area (Å²) in [5, 5.41) is 4.26. The molecule has 1 fully saturated rings. The van der Waals surface area contributed by atoms with Crippen molar-refractivity contribution in [3.63, 3.8) is 0 Å². The third-order valence-electron chi connectivity index (χ3n) is 5.28. The minimum Gasteiger partial charge on any atom is -0.462 e. The molecule has 1 saturated heterocycles. The fourth-order valence-electron chi connectivity index (χ4n) is 3.40. The van der Waals surface area contributed by atoms with Crippen LogP contribution in [0.25, 0.3) is 0 Å². The number of amides is 1. The number of ether oxygens (including phenoxy) is 2. The van der Waals surface area contributed by atoms with Gasteiger partial charge in [-0.3, -0.25) is 4.79 Å². The largest absolute Gasteiger partial charge is 0.462 e. The normalized spacial score (nSPS) is 16.1. The van der Waals surface area contributed by atoms with Crippen molar-refractivity contribution in [1.82, 2.24) is 9.55 Å². The van der Waals surface area contributed by atoms with Crippen molar-refractivity contribution in [3.8, 4) is 0 Å². The number of thioether (sulfide) groups is 1. The molecule has 0 radical (unpaired) electrons. The first-order valence-corrected chi connectivity index (χ1v) is 12.0. The van der Waals surface area contributed by atoms with E-state index >= 15 is 0 Å². The molecule has 7 nitrogen and oxygen atoms in total. The molecule has 0 aliphatic carbocycles. The fourth-order valence-corrected chi connectivity index (χ4v) is 5.36. The smallest absolute Gasteiger partial charge is 0.341 e. The van der Waals surface area contributed by atoms with Gasteiger partial charge in [-0.05, 0) is 53.0 Å². The summed E-state index contributed by atoms with van der Waals surface area (Å²) in [5.74, 6) is -0.367. The maximum atomic E-state index is 12.6. The Bertz CT molecular complexity index is 929. The Labute approximate surface area is 185 Å². The quantitative estimate of drug-likeness (QED) is 0.477. The Morgan fingerprint density at radius 1 is 1.33 bits per heavy atom. The van der Waals surface area contributed by atoms with Gasteiger partial charge < -0.3 is 19.4 Å². The number of nitrogens with one attached hydrogen (secondary N) is 1. The maximum absolute atomic E-state index is 12.6. The summed E-state index contributed by atoms with van der Waals surface area (Å²) >= 11 is 2.80. The average molecular weight is 452 g/mol. The van der Waals surface area contributed by atoms with E-state index in [1.165, 1.54) is 23.1 Å². The first-order valence-electron chi connectivity index (χ1n) is 10.2. The lowest BCUT2D eigenvalue weighted by atomic mass is 10.1. The number of anilines is 1. The molecule has 9 heteroatoms. The molecule has 0 spiro atoms. The number of thiophene rings is 1. The lowest BCUT2D eigenvalue weighted by Gasteiger charge is -2.14. The lowest BCUT2D eigenvalue weighted by Crippen LogP contribution is -2.19. The monoisotopic (exact) mass is 451 g/mol. The number of esters is 1. The number of hydrogen-bond donors (Lipinski definition) is 1. The van der Waals surface area contributed by atoms with Crippen molar-refractivity contribution in [1.29, 1.82) is 0 Å². The summed E-state index contributed by atoms with van der Waals surface area (Å²) < 4.78 is 13.1. The molecule has 0 saturated carbocycles. The summed E-state index contributed by atoms with van der Waals surface area (Å²) in [7, 11) is 0. The Morgan fingerprint density at radius 3 is 2.77 bits per heavy atom. The number of nitrogens with zero attached hydrogens (tertiary/aromatic N) is 2. The van der Waals surface area contributed by atoms with E-state index in [0.29, 0.717) is 17.2 Å². The molecular formula is C21H29N3O4S2. The predicted octanol–water partition coefficient (Wildman–Crippen LogP) is 4.26. The molecule has 30 heavy (non-hydrogen) atoms. The Morgan fingerprint density at radius 2 is 2.10 bits per heavy atom. The molecule has 1 N–H and O–H groups in total. The minimum atomic E-state index is -0.402. The van der Waals surface area contributed by atoms with Crippen LogP contribution in [0.3, 0.4) is 0 Å². The maximum Gasteiger partial charge on any atom is 0.341 e. The molecular weight excluding hydrogens is 422 g/mol. The molecule has 1 aliphatic rings. The molecule has 2 aromatic rings. The van der Waals surface area contributed by atoms with Crippen LogP contribution in [0.15, 0.2) is 5.16 Å². The van der Waals surface area contributed by atoms with Crippen LogP contribution >= 0.6 is 23.1 Å². The SMILES string of the molecule is CCOC(=O)c1c(NC(=O)CSc2nc(C)c(C)n2C[C@@H]2CCCO2)sc(C)c1C. The number of imidazole rings is 1. The first-order chi connectivity index (χ1) is 14.3. The molecule has 0 unspecified atom stereocenters. The Balaban J connectivity index is 1.68. The first kappa shape index (κ1) is 22.8. The second kappa shape index (κ2) is 9.98. The van der Waals surface area contributed by atoms with Gasteiger partial charge in [0.2, 0.25) is 5.91 Å². The standard InChI is InChI=1S/C21H29N3O4S2/c1-6-27-20(26)18-12(2)15(5)30-19(18)23-17(25)11-29-21-22-13(3)14(4)24(21)10-16-8-7-9-28-16/h16H,6-11H2,1-5H3,(H,23,25)/t16-/m0/s1. The van der Waals surface area contributed by atoms with E-state index in [4.69, 9.17) is 9.47 Å². The third-order valence-corrected chi connectivity index (χ3v) is 7.38. The number of carbonyl (C=O) groups excluding carboxylic acids is 2. The number of rotatable bonds is 8. The number of aryl methyl sites for hydroxylation is 2. The summed E-state index contributed by atoms with van der Waals surface area (Å²) in [4.78, 5) is 30.6. The topological polar surface area (TPSA) is 82.5 Å². The van der Waals surface area contributed by atoms with Gasteiger partial charge >= 0.3 is 5.97 Å². The second-order valence-corrected chi connectivity index (χ2v) is 9.52. The van der Waals surface area contributed by atoms with E-state index in [2.05, 4.69) is 14.9 Å². The van der Waals surface area contributed by atoms with Crippen molar-refractivity contribution in [3.05, 3.63) is 27.4 Å². The molecule has 3 rings (SSSR count). The zero-order valence-electron chi connectivity index (χ0n) is 18.2. The summed E-state index contributed by atoms with van der Waals surface area (Å²) in [5.41, 5.74) is 3.36. The van der Waals surface area contributed by atoms with Crippen molar-refractivity contribution in [2.75, 3.05) is 24.3 Å². The van der Waals surface area contributed by atoms with E-state index in [9.17, 15) is 9.59 Å². The lowest BCUT2D eigenvalue weighted by molar-refractivity contribution is -0.113. The van der Waals surface area contributed by atoms with Crippen LogP contribution in [-0.4, -0.2) is 46.5 Å². The van der Waals surface area contributed by atoms with Crippen molar-refractivity contribution in [2.45, 2.75) is 65.3 Å². The van der Waals surface area contributed by atoms with Gasteiger partial charge in [0.1, 0.15) is 5.00 Å². The van der Waals surface area contributed by atoms with Gasteiger partial charge in [-0.15, -0.1) is 11.3 Å². The molecule has 2 aromatic heterocycles. The highest BCUT2D eigenvalue weighted by Gasteiger charge is 2.23. The summed E-state index contributed by atoms with van der Waals surface area (Å²) in [6.07, 6.45) is 2.34. The van der Waals surface area contributed by atoms with Gasteiger partial charge in [-0.2, -0.15) is 0 Å². The molecule has 0 aromatic carbocycles. The van der Waals surface area contributed by atoms with E-state index < -0.39 is 5.97 Å². The third kappa shape index (κ3) is 5.07. The summed E-state index contributed by atoms with van der Waals surface area (Å²) in [6, 6.07) is 0. The minimum absolute atomic E-state index is 0.172. The average Bonchev–Trinajstić information content (AvgIpc) is 3.37. The van der Waals surface area contributed by atoms with E-state index in [1.54, 1.807) is 6.92 Å². The number of carbonyl (C=O) groups is 2. The zero-order chi connectivity index (χ0) is 21.8.